The molecule has 2 aromatic rings. The Morgan fingerprint density at radius 2 is 2.29 bits per heavy atom. The molecule has 2 rings (SSSR count). The molecule has 0 radical (unpaired) electrons. The number of hydrogen-bond acceptors (Lipinski definition) is 3. The van der Waals surface area contributed by atoms with Gasteiger partial charge in [0.15, 0.2) is 0 Å². The second kappa shape index (κ2) is 6.93. The van der Waals surface area contributed by atoms with Crippen molar-refractivity contribution in [2.75, 3.05) is 27.3 Å². The molecule has 1 heterocycles. The lowest BCUT2D eigenvalue weighted by molar-refractivity contribution is -0.130. The summed E-state index contributed by atoms with van der Waals surface area (Å²) in [5.41, 5.74) is 1.84. The van der Waals surface area contributed by atoms with Gasteiger partial charge in [-0.05, 0) is 23.8 Å². The minimum absolute atomic E-state index is 0.0639. The van der Waals surface area contributed by atoms with Crippen LogP contribution < -0.4 is 0 Å². The molecule has 2 N–H and O–H groups in total. The van der Waals surface area contributed by atoms with Crippen molar-refractivity contribution in [2.45, 2.75) is 12.5 Å². The number of H-pyrrole nitrogens is 1. The van der Waals surface area contributed by atoms with Gasteiger partial charge in [-0.2, -0.15) is 0 Å². The number of nitrogens with zero attached hydrogens (tertiary/aromatic N) is 1. The van der Waals surface area contributed by atoms with E-state index in [1.165, 1.54) is 12.0 Å². The molecule has 6 heteroatoms. The zero-order valence-corrected chi connectivity index (χ0v) is 12.9. The molecule has 21 heavy (non-hydrogen) atoms. The number of rotatable bonds is 6. The lowest BCUT2D eigenvalue weighted by atomic mass is 10.1. The second-order valence-electron chi connectivity index (χ2n) is 5.06. The first-order chi connectivity index (χ1) is 10.0. The SMILES string of the molecule is COC[C@H](O)CN(C)C(=O)Cc1c[nH]c2ccc(Cl)cc12. The van der Waals surface area contributed by atoms with Crippen molar-refractivity contribution in [1.82, 2.24) is 9.88 Å². The number of aromatic nitrogens is 1. The molecule has 114 valence electrons. The van der Waals surface area contributed by atoms with Crippen molar-refractivity contribution < 1.29 is 14.6 Å². The molecule has 0 aliphatic carbocycles. The highest BCUT2D eigenvalue weighted by atomic mass is 35.5. The molecule has 0 spiro atoms. The van der Waals surface area contributed by atoms with Gasteiger partial charge in [0.1, 0.15) is 0 Å². The number of ether oxygens (including phenoxy) is 1. The summed E-state index contributed by atoms with van der Waals surface area (Å²) in [5, 5.41) is 11.2. The summed E-state index contributed by atoms with van der Waals surface area (Å²) in [6.45, 7) is 0.454. The van der Waals surface area contributed by atoms with Gasteiger partial charge in [0.25, 0.3) is 0 Å². The van der Waals surface area contributed by atoms with Crippen molar-refractivity contribution >= 4 is 28.4 Å². The molecule has 0 saturated carbocycles. The predicted octanol–water partition coefficient (Wildman–Crippen LogP) is 1.83. The number of methoxy groups -OCH3 is 1. The standard InChI is InChI=1S/C15H19ClN2O3/c1-18(8-12(19)9-21-2)15(20)5-10-7-17-14-4-3-11(16)6-13(10)14/h3-4,6-7,12,17,19H,5,8-9H2,1-2H3/t12-/m1/s1. The quantitative estimate of drug-likeness (QED) is 0.855. The third kappa shape index (κ3) is 3.97. The molecule has 1 aromatic heterocycles. The van der Waals surface area contributed by atoms with Crippen LogP contribution in [0.2, 0.25) is 5.02 Å². The first kappa shape index (κ1) is 15.8. The summed E-state index contributed by atoms with van der Waals surface area (Å²) in [6, 6.07) is 5.53. The Morgan fingerprint density at radius 1 is 1.52 bits per heavy atom. The van der Waals surface area contributed by atoms with Crippen LogP contribution in [0, 0.1) is 0 Å². The first-order valence-corrected chi connectivity index (χ1v) is 7.05. The van der Waals surface area contributed by atoms with Gasteiger partial charge in [-0.15, -0.1) is 0 Å². The molecule has 1 amide bonds. The van der Waals surface area contributed by atoms with Crippen LogP contribution in [-0.2, 0) is 16.0 Å². The number of hydrogen-bond donors (Lipinski definition) is 2. The maximum absolute atomic E-state index is 12.2. The van der Waals surface area contributed by atoms with E-state index in [-0.39, 0.29) is 25.5 Å². The second-order valence-corrected chi connectivity index (χ2v) is 5.50. The molecule has 0 fully saturated rings. The lowest BCUT2D eigenvalue weighted by Crippen LogP contribution is -2.37. The van der Waals surface area contributed by atoms with Crippen LogP contribution in [0.5, 0.6) is 0 Å². The number of aromatic amines is 1. The number of nitrogens with one attached hydrogen (secondary N) is 1. The average Bonchev–Trinajstić information content (AvgIpc) is 2.81. The van der Waals surface area contributed by atoms with E-state index < -0.39 is 6.10 Å². The normalized spacial score (nSPS) is 12.6. The molecule has 5 nitrogen and oxygen atoms in total. The first-order valence-electron chi connectivity index (χ1n) is 6.67. The summed E-state index contributed by atoms with van der Waals surface area (Å²) in [5.74, 6) is -0.0639. The van der Waals surface area contributed by atoms with Crippen LogP contribution in [0.25, 0.3) is 10.9 Å². The average molecular weight is 311 g/mol. The Labute approximate surface area is 128 Å². The maximum atomic E-state index is 12.2. The third-order valence-electron chi connectivity index (χ3n) is 3.34. The number of carbonyl (C=O) groups is 1. The highest BCUT2D eigenvalue weighted by Crippen LogP contribution is 2.23. The third-order valence-corrected chi connectivity index (χ3v) is 3.58. The van der Waals surface area contributed by atoms with Crippen LogP contribution >= 0.6 is 11.6 Å². The summed E-state index contributed by atoms with van der Waals surface area (Å²) in [4.78, 5) is 16.8. The molecule has 0 unspecified atom stereocenters. The van der Waals surface area contributed by atoms with E-state index in [2.05, 4.69) is 4.98 Å². The smallest absolute Gasteiger partial charge is 0.226 e. The highest BCUT2D eigenvalue weighted by molar-refractivity contribution is 6.31. The van der Waals surface area contributed by atoms with E-state index in [4.69, 9.17) is 16.3 Å². The monoisotopic (exact) mass is 310 g/mol. The Hall–Kier alpha value is -1.56. The molecule has 0 bridgehead atoms. The number of halogens is 1. The van der Waals surface area contributed by atoms with Gasteiger partial charge in [0, 0.05) is 42.8 Å². The molecular weight excluding hydrogens is 292 g/mol. The fourth-order valence-electron chi connectivity index (χ4n) is 2.26. The fraction of sp³-hybridized carbons (Fsp3) is 0.400. The number of aliphatic hydroxyl groups excluding tert-OH is 1. The van der Waals surface area contributed by atoms with E-state index in [1.54, 1.807) is 13.1 Å². The Kier molecular flexibility index (Phi) is 5.22. The van der Waals surface area contributed by atoms with Crippen molar-refractivity contribution in [3.8, 4) is 0 Å². The van der Waals surface area contributed by atoms with Gasteiger partial charge in [0.2, 0.25) is 5.91 Å². The van der Waals surface area contributed by atoms with Crippen LogP contribution in [0.15, 0.2) is 24.4 Å². The van der Waals surface area contributed by atoms with Gasteiger partial charge in [-0.3, -0.25) is 4.79 Å². The molecule has 1 atom stereocenters. The van der Waals surface area contributed by atoms with Gasteiger partial charge in [-0.1, -0.05) is 11.6 Å². The zero-order valence-electron chi connectivity index (χ0n) is 12.1. The fourth-order valence-corrected chi connectivity index (χ4v) is 2.43. The van der Waals surface area contributed by atoms with E-state index in [0.29, 0.717) is 5.02 Å². The number of benzene rings is 1. The van der Waals surface area contributed by atoms with Crippen molar-refractivity contribution in [2.24, 2.45) is 0 Å². The topological polar surface area (TPSA) is 65.6 Å². The van der Waals surface area contributed by atoms with Crippen LogP contribution in [0.3, 0.4) is 0 Å². The Morgan fingerprint density at radius 3 is 3.00 bits per heavy atom. The van der Waals surface area contributed by atoms with E-state index >= 15 is 0 Å². The number of amides is 1. The summed E-state index contributed by atoms with van der Waals surface area (Å²) in [7, 11) is 3.18. The minimum Gasteiger partial charge on any atom is -0.389 e. The molecule has 0 aliphatic heterocycles. The summed E-state index contributed by atoms with van der Waals surface area (Å²) < 4.78 is 4.85. The molecule has 0 aliphatic rings. The minimum atomic E-state index is -0.679. The maximum Gasteiger partial charge on any atom is 0.226 e. The van der Waals surface area contributed by atoms with E-state index in [0.717, 1.165) is 16.5 Å². The largest absolute Gasteiger partial charge is 0.389 e. The molecule has 1 aromatic carbocycles. The van der Waals surface area contributed by atoms with Crippen LogP contribution in [0.4, 0.5) is 0 Å². The van der Waals surface area contributed by atoms with Gasteiger partial charge in [0.05, 0.1) is 19.1 Å². The van der Waals surface area contributed by atoms with Crippen molar-refractivity contribution in [1.29, 1.82) is 0 Å². The number of fused-ring (bicyclic) bond motifs is 1. The van der Waals surface area contributed by atoms with Crippen LogP contribution in [-0.4, -0.2) is 54.3 Å². The number of aliphatic hydroxyl groups is 1. The number of likely N-dealkylation sites (N-methyl/N-ethyl adjacent to an activating group) is 1. The predicted molar refractivity (Wildman–Crippen MR) is 82.5 cm³/mol. The Balaban J connectivity index is 2.05. The van der Waals surface area contributed by atoms with Crippen LogP contribution in [0.1, 0.15) is 5.56 Å². The van der Waals surface area contributed by atoms with Gasteiger partial charge in [-0.25, -0.2) is 0 Å². The summed E-state index contributed by atoms with van der Waals surface area (Å²) >= 11 is 5.99. The lowest BCUT2D eigenvalue weighted by Gasteiger charge is -2.20. The van der Waals surface area contributed by atoms with E-state index in [9.17, 15) is 9.90 Å². The number of carbonyl (C=O) groups excluding carboxylic acids is 1. The molecular formula is C15H19ClN2O3. The van der Waals surface area contributed by atoms with Gasteiger partial charge < -0.3 is 19.7 Å². The van der Waals surface area contributed by atoms with Crippen molar-refractivity contribution in [3.05, 3.63) is 35.0 Å². The highest BCUT2D eigenvalue weighted by Gasteiger charge is 2.16. The van der Waals surface area contributed by atoms with Gasteiger partial charge >= 0.3 is 0 Å². The molecule has 0 saturated heterocycles. The van der Waals surface area contributed by atoms with E-state index in [1.807, 2.05) is 18.3 Å². The summed E-state index contributed by atoms with van der Waals surface area (Å²) in [6.07, 6.45) is 1.40. The Bertz CT molecular complexity index is 626. The zero-order chi connectivity index (χ0) is 15.4. The van der Waals surface area contributed by atoms with Crippen molar-refractivity contribution in [3.63, 3.8) is 0 Å².